The smallest absolute Gasteiger partial charge is 0.255 e. The molecular formula is C17H26N2O3. The van der Waals surface area contributed by atoms with Crippen LogP contribution < -0.4 is 10.1 Å². The first kappa shape index (κ1) is 16.6. The van der Waals surface area contributed by atoms with Crippen LogP contribution in [0.25, 0.3) is 0 Å². The standard InChI is InChI=1S/C17H26N2O3/c1-12(2)10-19-7-6-13(11-19)9-18-17(21)15-8-14(22-3)4-5-16(15)20/h4-5,8,12-13,20H,6-7,9-11H2,1-3H3,(H,18,21)/t13-/m1/s1. The lowest BCUT2D eigenvalue weighted by atomic mass is 10.1. The predicted molar refractivity (Wildman–Crippen MR) is 86.4 cm³/mol. The monoisotopic (exact) mass is 306 g/mol. The maximum Gasteiger partial charge on any atom is 0.255 e. The van der Waals surface area contributed by atoms with Crippen molar-refractivity contribution in [3.05, 3.63) is 23.8 Å². The van der Waals surface area contributed by atoms with E-state index in [1.54, 1.807) is 12.1 Å². The number of hydrogen-bond donors (Lipinski definition) is 2. The average molecular weight is 306 g/mol. The van der Waals surface area contributed by atoms with E-state index in [0.717, 1.165) is 26.1 Å². The number of nitrogens with zero attached hydrogens (tertiary/aromatic N) is 1. The highest BCUT2D eigenvalue weighted by Crippen LogP contribution is 2.23. The molecule has 22 heavy (non-hydrogen) atoms. The second-order valence-electron chi connectivity index (χ2n) is 6.40. The number of aromatic hydroxyl groups is 1. The number of carbonyl (C=O) groups is 1. The van der Waals surface area contributed by atoms with Gasteiger partial charge in [0.05, 0.1) is 12.7 Å². The molecule has 0 radical (unpaired) electrons. The van der Waals surface area contributed by atoms with Gasteiger partial charge in [0.2, 0.25) is 0 Å². The van der Waals surface area contributed by atoms with E-state index >= 15 is 0 Å². The highest BCUT2D eigenvalue weighted by Gasteiger charge is 2.23. The van der Waals surface area contributed by atoms with E-state index in [4.69, 9.17) is 4.74 Å². The molecule has 2 rings (SSSR count). The van der Waals surface area contributed by atoms with Crippen molar-refractivity contribution >= 4 is 5.91 Å². The summed E-state index contributed by atoms with van der Waals surface area (Å²) in [6.45, 7) is 8.33. The summed E-state index contributed by atoms with van der Waals surface area (Å²) in [6.07, 6.45) is 1.11. The number of nitrogens with one attached hydrogen (secondary N) is 1. The van der Waals surface area contributed by atoms with Gasteiger partial charge in [-0.05, 0) is 43.0 Å². The van der Waals surface area contributed by atoms with Gasteiger partial charge in [0.15, 0.2) is 0 Å². The quantitative estimate of drug-likeness (QED) is 0.845. The largest absolute Gasteiger partial charge is 0.507 e. The molecule has 0 aromatic heterocycles. The number of methoxy groups -OCH3 is 1. The van der Waals surface area contributed by atoms with Crippen molar-refractivity contribution in [2.24, 2.45) is 11.8 Å². The summed E-state index contributed by atoms with van der Waals surface area (Å²) in [5.74, 6) is 1.44. The van der Waals surface area contributed by atoms with E-state index < -0.39 is 0 Å². The summed E-state index contributed by atoms with van der Waals surface area (Å²) in [7, 11) is 1.54. The molecule has 1 aliphatic heterocycles. The molecule has 0 saturated carbocycles. The zero-order chi connectivity index (χ0) is 16.1. The minimum absolute atomic E-state index is 0.0221. The zero-order valence-electron chi connectivity index (χ0n) is 13.6. The number of carbonyl (C=O) groups excluding carboxylic acids is 1. The molecule has 1 saturated heterocycles. The molecule has 1 aromatic rings. The molecule has 1 aromatic carbocycles. The molecule has 5 nitrogen and oxygen atoms in total. The minimum atomic E-state index is -0.251. The van der Waals surface area contributed by atoms with E-state index in [1.165, 1.54) is 13.2 Å². The van der Waals surface area contributed by atoms with Crippen LogP contribution in [0.4, 0.5) is 0 Å². The third kappa shape index (κ3) is 4.37. The van der Waals surface area contributed by atoms with Gasteiger partial charge in [0, 0.05) is 19.6 Å². The fourth-order valence-corrected chi connectivity index (χ4v) is 2.92. The maximum absolute atomic E-state index is 12.2. The van der Waals surface area contributed by atoms with E-state index in [2.05, 4.69) is 24.1 Å². The summed E-state index contributed by atoms with van der Waals surface area (Å²) < 4.78 is 5.09. The Labute approximate surface area is 132 Å². The molecule has 0 bridgehead atoms. The molecule has 122 valence electrons. The summed E-state index contributed by atoms with van der Waals surface area (Å²) in [4.78, 5) is 14.7. The van der Waals surface area contributed by atoms with Crippen molar-refractivity contribution in [3.8, 4) is 11.5 Å². The van der Waals surface area contributed by atoms with Gasteiger partial charge >= 0.3 is 0 Å². The topological polar surface area (TPSA) is 61.8 Å². The Morgan fingerprint density at radius 3 is 2.95 bits per heavy atom. The highest BCUT2D eigenvalue weighted by atomic mass is 16.5. The number of hydrogen-bond acceptors (Lipinski definition) is 4. The number of ether oxygens (including phenoxy) is 1. The second kappa shape index (κ2) is 7.49. The number of phenolic OH excluding ortho intramolecular Hbond substituents is 1. The van der Waals surface area contributed by atoms with Crippen LogP contribution in [0.3, 0.4) is 0 Å². The van der Waals surface area contributed by atoms with Crippen molar-refractivity contribution in [2.45, 2.75) is 20.3 Å². The Morgan fingerprint density at radius 1 is 1.50 bits per heavy atom. The number of likely N-dealkylation sites (tertiary alicyclic amines) is 1. The number of rotatable bonds is 6. The number of amides is 1. The molecule has 2 N–H and O–H groups in total. The predicted octanol–water partition coefficient (Wildman–Crippen LogP) is 2.11. The van der Waals surface area contributed by atoms with Crippen LogP contribution in [0, 0.1) is 11.8 Å². The van der Waals surface area contributed by atoms with E-state index in [0.29, 0.717) is 24.1 Å². The summed E-state index contributed by atoms with van der Waals surface area (Å²) >= 11 is 0. The lowest BCUT2D eigenvalue weighted by Gasteiger charge is -2.18. The molecule has 1 amide bonds. The van der Waals surface area contributed by atoms with Crippen LogP contribution in [0.15, 0.2) is 18.2 Å². The van der Waals surface area contributed by atoms with Gasteiger partial charge in [-0.25, -0.2) is 0 Å². The molecule has 0 aliphatic carbocycles. The first-order chi connectivity index (χ1) is 10.5. The summed E-state index contributed by atoms with van der Waals surface area (Å²) in [6, 6.07) is 4.67. The van der Waals surface area contributed by atoms with E-state index in [9.17, 15) is 9.90 Å². The Hall–Kier alpha value is -1.75. The lowest BCUT2D eigenvalue weighted by molar-refractivity contribution is 0.0944. The molecule has 1 heterocycles. The fraction of sp³-hybridized carbons (Fsp3) is 0.588. The molecule has 0 spiro atoms. The summed E-state index contributed by atoms with van der Waals surface area (Å²) in [5.41, 5.74) is 0.261. The van der Waals surface area contributed by atoms with Gasteiger partial charge in [-0.15, -0.1) is 0 Å². The van der Waals surface area contributed by atoms with Gasteiger partial charge < -0.3 is 20.1 Å². The first-order valence-electron chi connectivity index (χ1n) is 7.87. The van der Waals surface area contributed by atoms with E-state index in [-0.39, 0.29) is 17.2 Å². The maximum atomic E-state index is 12.2. The lowest BCUT2D eigenvalue weighted by Crippen LogP contribution is -2.31. The van der Waals surface area contributed by atoms with Crippen molar-refractivity contribution in [3.63, 3.8) is 0 Å². The van der Waals surface area contributed by atoms with Gasteiger partial charge in [-0.3, -0.25) is 4.79 Å². The summed E-state index contributed by atoms with van der Waals surface area (Å²) in [5, 5.41) is 12.7. The first-order valence-corrected chi connectivity index (χ1v) is 7.87. The van der Waals surface area contributed by atoms with Crippen LogP contribution in [-0.2, 0) is 0 Å². The van der Waals surface area contributed by atoms with Gasteiger partial charge in [-0.2, -0.15) is 0 Å². The third-order valence-corrected chi connectivity index (χ3v) is 3.99. The third-order valence-electron chi connectivity index (χ3n) is 3.99. The SMILES string of the molecule is COc1ccc(O)c(C(=O)NC[C@H]2CCN(CC(C)C)C2)c1. The number of phenols is 1. The second-order valence-corrected chi connectivity index (χ2v) is 6.40. The average Bonchev–Trinajstić information content (AvgIpc) is 2.92. The highest BCUT2D eigenvalue weighted by molar-refractivity contribution is 5.97. The number of benzene rings is 1. The molecule has 1 fully saturated rings. The van der Waals surface area contributed by atoms with Crippen LogP contribution >= 0.6 is 0 Å². The van der Waals surface area contributed by atoms with Gasteiger partial charge in [-0.1, -0.05) is 13.8 Å². The molecular weight excluding hydrogens is 280 g/mol. The molecule has 5 heteroatoms. The minimum Gasteiger partial charge on any atom is -0.507 e. The zero-order valence-corrected chi connectivity index (χ0v) is 13.6. The van der Waals surface area contributed by atoms with Crippen LogP contribution in [0.1, 0.15) is 30.6 Å². The van der Waals surface area contributed by atoms with Crippen LogP contribution in [0.5, 0.6) is 11.5 Å². The Bertz CT molecular complexity index is 517. The van der Waals surface area contributed by atoms with Crippen molar-refractivity contribution < 1.29 is 14.6 Å². The Balaban J connectivity index is 1.86. The molecule has 1 aliphatic rings. The molecule has 1 atom stereocenters. The van der Waals surface area contributed by atoms with Crippen LogP contribution in [-0.4, -0.2) is 49.2 Å². The van der Waals surface area contributed by atoms with Gasteiger partial charge in [0.25, 0.3) is 5.91 Å². The normalized spacial score (nSPS) is 18.6. The van der Waals surface area contributed by atoms with Gasteiger partial charge in [0.1, 0.15) is 11.5 Å². The van der Waals surface area contributed by atoms with Crippen LogP contribution in [0.2, 0.25) is 0 Å². The van der Waals surface area contributed by atoms with Crippen molar-refractivity contribution in [2.75, 3.05) is 33.3 Å². The van der Waals surface area contributed by atoms with Crippen molar-refractivity contribution in [1.82, 2.24) is 10.2 Å². The Morgan fingerprint density at radius 2 is 2.27 bits per heavy atom. The Kier molecular flexibility index (Phi) is 5.66. The molecule has 0 unspecified atom stereocenters. The fourth-order valence-electron chi connectivity index (χ4n) is 2.92. The van der Waals surface area contributed by atoms with Crippen molar-refractivity contribution in [1.29, 1.82) is 0 Å². The van der Waals surface area contributed by atoms with E-state index in [1.807, 2.05) is 0 Å².